The second-order valence-electron chi connectivity index (χ2n) is 8.04. The summed E-state index contributed by atoms with van der Waals surface area (Å²) in [6.45, 7) is 10.6. The van der Waals surface area contributed by atoms with Crippen LogP contribution in [0.4, 0.5) is 0 Å². The molecule has 1 aliphatic rings. The molecule has 1 aromatic heterocycles. The SMILES string of the molecule is Cc1nc(CSCC(=O)NCc2ccccc2CN2C[C@H](C)C[C@@H](C)C2)cs1. The van der Waals surface area contributed by atoms with Gasteiger partial charge in [0, 0.05) is 37.3 Å². The van der Waals surface area contributed by atoms with Crippen molar-refractivity contribution in [1.29, 1.82) is 0 Å². The smallest absolute Gasteiger partial charge is 0.230 e. The van der Waals surface area contributed by atoms with E-state index in [0.29, 0.717) is 12.3 Å². The van der Waals surface area contributed by atoms with Crippen molar-refractivity contribution in [3.63, 3.8) is 0 Å². The summed E-state index contributed by atoms with van der Waals surface area (Å²) in [5, 5.41) is 6.24. The first-order valence-corrected chi connectivity index (χ1v) is 12.1. The van der Waals surface area contributed by atoms with Gasteiger partial charge in [-0.25, -0.2) is 4.98 Å². The van der Waals surface area contributed by atoms with Crippen LogP contribution in [0, 0.1) is 18.8 Å². The number of carbonyl (C=O) groups excluding carboxylic acids is 1. The molecule has 1 aliphatic heterocycles. The molecule has 1 amide bonds. The van der Waals surface area contributed by atoms with Gasteiger partial charge < -0.3 is 5.32 Å². The topological polar surface area (TPSA) is 45.2 Å². The first kappa shape index (κ1) is 21.3. The van der Waals surface area contributed by atoms with E-state index in [1.54, 1.807) is 23.1 Å². The summed E-state index contributed by atoms with van der Waals surface area (Å²) < 4.78 is 0. The third kappa shape index (κ3) is 6.61. The lowest BCUT2D eigenvalue weighted by atomic mass is 9.91. The zero-order chi connectivity index (χ0) is 19.9. The summed E-state index contributed by atoms with van der Waals surface area (Å²) in [6, 6.07) is 8.50. The Kier molecular flexibility index (Phi) is 7.94. The minimum atomic E-state index is 0.0898. The number of thiazole rings is 1. The fraction of sp³-hybridized carbons (Fsp3) is 0.545. The number of nitrogens with zero attached hydrogens (tertiary/aromatic N) is 2. The summed E-state index contributed by atoms with van der Waals surface area (Å²) in [6.07, 6.45) is 1.33. The second kappa shape index (κ2) is 10.4. The number of nitrogens with one attached hydrogen (secondary N) is 1. The van der Waals surface area contributed by atoms with Crippen LogP contribution in [-0.2, 0) is 23.6 Å². The maximum Gasteiger partial charge on any atom is 0.230 e. The predicted molar refractivity (Wildman–Crippen MR) is 120 cm³/mol. The standard InChI is InChI=1S/C22H31N3OS2/c1-16-8-17(2)11-25(10-16)12-20-7-5-4-6-19(20)9-23-22(26)15-27-13-21-14-28-18(3)24-21/h4-7,14,16-17H,8-13,15H2,1-3H3,(H,23,26)/t16-,17-/m1/s1. The molecule has 0 radical (unpaired) electrons. The number of piperidine rings is 1. The van der Waals surface area contributed by atoms with Crippen molar-refractivity contribution in [2.45, 2.75) is 46.0 Å². The summed E-state index contributed by atoms with van der Waals surface area (Å²) in [5.74, 6) is 2.87. The Morgan fingerprint density at radius 2 is 1.96 bits per heavy atom. The Morgan fingerprint density at radius 1 is 1.25 bits per heavy atom. The highest BCUT2D eigenvalue weighted by atomic mass is 32.2. The van der Waals surface area contributed by atoms with E-state index < -0.39 is 0 Å². The number of aromatic nitrogens is 1. The molecule has 6 heteroatoms. The van der Waals surface area contributed by atoms with E-state index in [0.717, 1.165) is 47.9 Å². The largest absolute Gasteiger partial charge is 0.351 e. The molecule has 1 N–H and O–H groups in total. The van der Waals surface area contributed by atoms with Gasteiger partial charge in [0.25, 0.3) is 0 Å². The molecule has 1 saturated heterocycles. The van der Waals surface area contributed by atoms with Crippen LogP contribution in [-0.4, -0.2) is 34.6 Å². The molecular formula is C22H31N3OS2. The number of benzene rings is 1. The van der Waals surface area contributed by atoms with Crippen molar-refractivity contribution < 1.29 is 4.79 Å². The van der Waals surface area contributed by atoms with Gasteiger partial charge in [-0.1, -0.05) is 38.1 Å². The maximum atomic E-state index is 12.2. The van der Waals surface area contributed by atoms with Crippen molar-refractivity contribution in [1.82, 2.24) is 15.2 Å². The molecule has 28 heavy (non-hydrogen) atoms. The summed E-state index contributed by atoms with van der Waals surface area (Å²) in [4.78, 5) is 19.2. The highest BCUT2D eigenvalue weighted by Crippen LogP contribution is 2.23. The Labute approximate surface area is 177 Å². The van der Waals surface area contributed by atoms with E-state index in [-0.39, 0.29) is 5.91 Å². The van der Waals surface area contributed by atoms with Crippen LogP contribution in [0.2, 0.25) is 0 Å². The van der Waals surface area contributed by atoms with Gasteiger partial charge in [-0.05, 0) is 36.3 Å². The number of likely N-dealkylation sites (tertiary alicyclic amines) is 1. The second-order valence-corrected chi connectivity index (χ2v) is 10.1. The summed E-state index contributed by atoms with van der Waals surface area (Å²) >= 11 is 3.28. The molecule has 0 bridgehead atoms. The highest BCUT2D eigenvalue weighted by molar-refractivity contribution is 7.99. The first-order valence-electron chi connectivity index (χ1n) is 10.0. The Morgan fingerprint density at radius 3 is 2.64 bits per heavy atom. The monoisotopic (exact) mass is 417 g/mol. The Bertz CT molecular complexity index is 767. The van der Waals surface area contributed by atoms with E-state index in [1.165, 1.54) is 17.5 Å². The van der Waals surface area contributed by atoms with Gasteiger partial charge in [-0.2, -0.15) is 0 Å². The minimum absolute atomic E-state index is 0.0898. The van der Waals surface area contributed by atoms with Gasteiger partial charge in [0.05, 0.1) is 16.5 Å². The lowest BCUT2D eigenvalue weighted by molar-refractivity contribution is -0.118. The first-order chi connectivity index (χ1) is 13.5. The molecule has 2 aromatic rings. The molecule has 0 aliphatic carbocycles. The lowest BCUT2D eigenvalue weighted by Gasteiger charge is -2.35. The highest BCUT2D eigenvalue weighted by Gasteiger charge is 2.22. The fourth-order valence-corrected chi connectivity index (χ4v) is 5.48. The molecule has 0 spiro atoms. The van der Waals surface area contributed by atoms with Crippen molar-refractivity contribution in [2.24, 2.45) is 11.8 Å². The van der Waals surface area contributed by atoms with Gasteiger partial charge in [0.2, 0.25) is 5.91 Å². The number of hydrogen-bond acceptors (Lipinski definition) is 5. The Hall–Kier alpha value is -1.37. The normalized spacial score (nSPS) is 20.2. The van der Waals surface area contributed by atoms with Crippen LogP contribution < -0.4 is 5.32 Å². The number of aryl methyl sites for hydroxylation is 1. The summed E-state index contributed by atoms with van der Waals surface area (Å²) in [5.41, 5.74) is 3.62. The Balaban J connectivity index is 1.47. The van der Waals surface area contributed by atoms with Gasteiger partial charge in [0.1, 0.15) is 0 Å². The van der Waals surface area contributed by atoms with Gasteiger partial charge in [-0.15, -0.1) is 23.1 Å². The molecule has 1 fully saturated rings. The number of hydrogen-bond donors (Lipinski definition) is 1. The molecule has 0 unspecified atom stereocenters. The van der Waals surface area contributed by atoms with E-state index in [4.69, 9.17) is 0 Å². The molecule has 3 rings (SSSR count). The molecule has 152 valence electrons. The third-order valence-corrected chi connectivity index (χ3v) is 6.87. The van der Waals surface area contributed by atoms with Crippen LogP contribution in [0.25, 0.3) is 0 Å². The molecular weight excluding hydrogens is 386 g/mol. The molecule has 1 aromatic carbocycles. The minimum Gasteiger partial charge on any atom is -0.351 e. The van der Waals surface area contributed by atoms with Crippen molar-refractivity contribution in [3.05, 3.63) is 51.5 Å². The predicted octanol–water partition coefficient (Wildman–Crippen LogP) is 4.48. The van der Waals surface area contributed by atoms with Crippen LogP contribution in [0.3, 0.4) is 0 Å². The zero-order valence-electron chi connectivity index (χ0n) is 17.1. The number of amides is 1. The van der Waals surface area contributed by atoms with Gasteiger partial charge >= 0.3 is 0 Å². The van der Waals surface area contributed by atoms with Crippen molar-refractivity contribution in [3.8, 4) is 0 Å². The summed E-state index contributed by atoms with van der Waals surface area (Å²) in [7, 11) is 0. The molecule has 0 saturated carbocycles. The molecule has 2 heterocycles. The maximum absolute atomic E-state index is 12.2. The van der Waals surface area contributed by atoms with E-state index >= 15 is 0 Å². The molecule has 4 nitrogen and oxygen atoms in total. The quantitative estimate of drug-likeness (QED) is 0.688. The zero-order valence-corrected chi connectivity index (χ0v) is 18.7. The van der Waals surface area contributed by atoms with Gasteiger partial charge in [0.15, 0.2) is 0 Å². The van der Waals surface area contributed by atoms with E-state index in [9.17, 15) is 4.79 Å². The van der Waals surface area contributed by atoms with Gasteiger partial charge in [-0.3, -0.25) is 9.69 Å². The fourth-order valence-electron chi connectivity index (χ4n) is 4.01. The molecule has 2 atom stereocenters. The third-order valence-electron chi connectivity index (χ3n) is 5.08. The van der Waals surface area contributed by atoms with Crippen LogP contribution >= 0.6 is 23.1 Å². The van der Waals surface area contributed by atoms with Crippen molar-refractivity contribution >= 4 is 29.0 Å². The lowest BCUT2D eigenvalue weighted by Crippen LogP contribution is -2.38. The number of thioether (sulfide) groups is 1. The average Bonchev–Trinajstić information content (AvgIpc) is 3.05. The van der Waals surface area contributed by atoms with Crippen molar-refractivity contribution in [2.75, 3.05) is 18.8 Å². The van der Waals surface area contributed by atoms with Crippen LogP contribution in [0.1, 0.15) is 42.1 Å². The average molecular weight is 418 g/mol. The number of carbonyl (C=O) groups is 1. The van der Waals surface area contributed by atoms with E-state index in [1.807, 2.05) is 6.92 Å². The van der Waals surface area contributed by atoms with Crippen LogP contribution in [0.5, 0.6) is 0 Å². The number of rotatable bonds is 8. The van der Waals surface area contributed by atoms with Crippen LogP contribution in [0.15, 0.2) is 29.6 Å². The van der Waals surface area contributed by atoms with E-state index in [2.05, 4.69) is 58.7 Å².